The van der Waals surface area contributed by atoms with Gasteiger partial charge in [0.2, 0.25) is 0 Å². The largest absolute Gasteiger partial charge is 0.241 e. The van der Waals surface area contributed by atoms with E-state index in [2.05, 4.69) is 63.2 Å². The Morgan fingerprint density at radius 2 is 1.63 bits per heavy atom. The second-order valence-electron chi connectivity index (χ2n) is 5.82. The molecule has 3 rings (SSSR count). The van der Waals surface area contributed by atoms with E-state index in [-0.39, 0.29) is 5.41 Å². The Labute approximate surface area is 117 Å². The second-order valence-corrected chi connectivity index (χ2v) is 6.85. The molecule has 0 aliphatic carbocycles. The summed E-state index contributed by atoms with van der Waals surface area (Å²) in [7, 11) is 0. The van der Waals surface area contributed by atoms with Gasteiger partial charge in [0.05, 0.1) is 15.2 Å². The minimum Gasteiger partial charge on any atom is -0.241 e. The highest BCUT2D eigenvalue weighted by Gasteiger charge is 2.18. The lowest BCUT2D eigenvalue weighted by molar-refractivity contribution is 0.587. The average molecular weight is 267 g/mol. The van der Waals surface area contributed by atoms with E-state index in [1.165, 1.54) is 20.8 Å². The Bertz CT molecular complexity index is 705. The van der Waals surface area contributed by atoms with Crippen molar-refractivity contribution in [2.24, 2.45) is 0 Å². The Morgan fingerprint density at radius 1 is 0.895 bits per heavy atom. The van der Waals surface area contributed by atoms with Crippen LogP contribution in [0, 0.1) is 0 Å². The van der Waals surface area contributed by atoms with Crippen molar-refractivity contribution in [2.75, 3.05) is 0 Å². The van der Waals surface area contributed by atoms with Crippen molar-refractivity contribution in [3.05, 3.63) is 53.5 Å². The fourth-order valence-electron chi connectivity index (χ4n) is 2.06. The number of benzene rings is 2. The van der Waals surface area contributed by atoms with Gasteiger partial charge in [-0.25, -0.2) is 4.98 Å². The maximum Gasteiger partial charge on any atom is 0.0992 e. The van der Waals surface area contributed by atoms with Gasteiger partial charge in [0.1, 0.15) is 0 Å². The predicted molar refractivity (Wildman–Crippen MR) is 83.8 cm³/mol. The van der Waals surface area contributed by atoms with Crippen LogP contribution in [-0.4, -0.2) is 4.98 Å². The number of aromatic nitrogens is 1. The van der Waals surface area contributed by atoms with E-state index in [0.29, 0.717) is 0 Å². The van der Waals surface area contributed by atoms with Crippen molar-refractivity contribution in [3.8, 4) is 11.1 Å². The summed E-state index contributed by atoms with van der Waals surface area (Å²) in [6.07, 6.45) is 0. The number of rotatable bonds is 1. The first-order chi connectivity index (χ1) is 9.04. The molecule has 0 aliphatic rings. The molecule has 2 aromatic carbocycles. The van der Waals surface area contributed by atoms with Crippen molar-refractivity contribution >= 4 is 21.6 Å². The highest BCUT2D eigenvalue weighted by atomic mass is 32.1. The summed E-state index contributed by atoms with van der Waals surface area (Å²) in [5, 5.41) is 1.20. The van der Waals surface area contributed by atoms with E-state index in [1.807, 2.05) is 6.07 Å². The zero-order chi connectivity index (χ0) is 13.5. The zero-order valence-electron chi connectivity index (χ0n) is 11.5. The van der Waals surface area contributed by atoms with E-state index in [1.54, 1.807) is 11.3 Å². The smallest absolute Gasteiger partial charge is 0.0992 e. The van der Waals surface area contributed by atoms with Crippen molar-refractivity contribution in [1.29, 1.82) is 0 Å². The van der Waals surface area contributed by atoms with Gasteiger partial charge in [0.15, 0.2) is 0 Å². The third kappa shape index (κ3) is 2.41. The first-order valence-corrected chi connectivity index (χ1v) is 7.32. The Balaban J connectivity index is 2.11. The molecule has 0 saturated carbocycles. The summed E-state index contributed by atoms with van der Waals surface area (Å²) < 4.78 is 1.27. The van der Waals surface area contributed by atoms with Crippen LogP contribution in [0.15, 0.2) is 48.5 Å². The van der Waals surface area contributed by atoms with Gasteiger partial charge in [-0.05, 0) is 23.3 Å². The minimum absolute atomic E-state index is 0.122. The zero-order valence-corrected chi connectivity index (χ0v) is 12.3. The van der Waals surface area contributed by atoms with Crippen LogP contribution in [-0.2, 0) is 5.41 Å². The molecule has 3 aromatic rings. The molecule has 2 heteroatoms. The Morgan fingerprint density at radius 3 is 2.32 bits per heavy atom. The molecule has 0 atom stereocenters. The van der Waals surface area contributed by atoms with E-state index >= 15 is 0 Å². The summed E-state index contributed by atoms with van der Waals surface area (Å²) >= 11 is 1.80. The van der Waals surface area contributed by atoms with Crippen LogP contribution in [0.2, 0.25) is 0 Å². The summed E-state index contributed by atoms with van der Waals surface area (Å²) in [5.41, 5.74) is 3.71. The lowest BCUT2D eigenvalue weighted by Gasteiger charge is -2.13. The topological polar surface area (TPSA) is 12.9 Å². The molecule has 19 heavy (non-hydrogen) atoms. The Hall–Kier alpha value is -1.67. The molecule has 0 N–H and O–H groups in total. The molecule has 0 bridgehead atoms. The van der Waals surface area contributed by atoms with Gasteiger partial charge in [0, 0.05) is 5.41 Å². The number of hydrogen-bond acceptors (Lipinski definition) is 2. The molecule has 1 nitrogen and oxygen atoms in total. The lowest BCUT2D eigenvalue weighted by atomic mass is 9.98. The minimum atomic E-state index is 0.122. The van der Waals surface area contributed by atoms with E-state index < -0.39 is 0 Å². The van der Waals surface area contributed by atoms with Crippen LogP contribution >= 0.6 is 11.3 Å². The monoisotopic (exact) mass is 267 g/mol. The van der Waals surface area contributed by atoms with Gasteiger partial charge in [-0.3, -0.25) is 0 Å². The van der Waals surface area contributed by atoms with Gasteiger partial charge < -0.3 is 0 Å². The quantitative estimate of drug-likeness (QED) is 0.586. The molecule has 0 aliphatic heterocycles. The molecule has 1 aromatic heterocycles. The van der Waals surface area contributed by atoms with Crippen LogP contribution in [0.5, 0.6) is 0 Å². The molecule has 0 radical (unpaired) electrons. The highest BCUT2D eigenvalue weighted by molar-refractivity contribution is 7.18. The molecule has 1 heterocycles. The van der Waals surface area contributed by atoms with Gasteiger partial charge in [-0.15, -0.1) is 11.3 Å². The molecular weight excluding hydrogens is 250 g/mol. The number of thiazole rings is 1. The molecule has 0 saturated heterocycles. The second kappa shape index (κ2) is 4.46. The molecule has 0 amide bonds. The van der Waals surface area contributed by atoms with Crippen molar-refractivity contribution in [3.63, 3.8) is 0 Å². The van der Waals surface area contributed by atoms with Crippen molar-refractivity contribution in [1.82, 2.24) is 4.98 Å². The number of nitrogens with zero attached hydrogens (tertiary/aromatic N) is 1. The van der Waals surface area contributed by atoms with Crippen LogP contribution < -0.4 is 0 Å². The summed E-state index contributed by atoms with van der Waals surface area (Å²) in [6, 6.07) is 17.0. The van der Waals surface area contributed by atoms with Crippen LogP contribution in [0.4, 0.5) is 0 Å². The first kappa shape index (κ1) is 12.4. The number of fused-ring (bicyclic) bond motifs is 1. The van der Waals surface area contributed by atoms with Crippen molar-refractivity contribution < 1.29 is 0 Å². The summed E-state index contributed by atoms with van der Waals surface area (Å²) in [6.45, 7) is 6.63. The first-order valence-electron chi connectivity index (χ1n) is 6.50. The lowest BCUT2D eigenvalue weighted by Crippen LogP contribution is -2.09. The van der Waals surface area contributed by atoms with Gasteiger partial charge in [0.25, 0.3) is 0 Å². The Kier molecular flexibility index (Phi) is 2.90. The van der Waals surface area contributed by atoms with E-state index in [9.17, 15) is 0 Å². The third-order valence-electron chi connectivity index (χ3n) is 3.14. The van der Waals surface area contributed by atoms with E-state index in [0.717, 1.165) is 5.52 Å². The van der Waals surface area contributed by atoms with Crippen molar-refractivity contribution in [2.45, 2.75) is 26.2 Å². The van der Waals surface area contributed by atoms with Crippen LogP contribution in [0.3, 0.4) is 0 Å². The summed E-state index contributed by atoms with van der Waals surface area (Å²) in [4.78, 5) is 4.79. The van der Waals surface area contributed by atoms with Crippen LogP contribution in [0.25, 0.3) is 21.3 Å². The van der Waals surface area contributed by atoms with Gasteiger partial charge in [-0.1, -0.05) is 57.2 Å². The third-order valence-corrected chi connectivity index (χ3v) is 4.60. The average Bonchev–Trinajstić information content (AvgIpc) is 2.82. The predicted octanol–water partition coefficient (Wildman–Crippen LogP) is 5.26. The maximum absolute atomic E-state index is 4.79. The summed E-state index contributed by atoms with van der Waals surface area (Å²) in [5.74, 6) is 0. The molecule has 0 unspecified atom stereocenters. The van der Waals surface area contributed by atoms with Gasteiger partial charge >= 0.3 is 0 Å². The maximum atomic E-state index is 4.79. The molecule has 96 valence electrons. The normalized spacial score (nSPS) is 11.9. The SMILES string of the molecule is CC(C)(C)c1nc2cc(-c3ccccc3)ccc2s1. The standard InChI is InChI=1S/C17H17NS/c1-17(2,3)16-18-14-11-13(9-10-15(14)19-16)12-7-5-4-6-8-12/h4-11H,1-3H3. The highest BCUT2D eigenvalue weighted by Crippen LogP contribution is 2.33. The fraction of sp³-hybridized carbons (Fsp3) is 0.235. The molecular formula is C17H17NS. The van der Waals surface area contributed by atoms with Gasteiger partial charge in [-0.2, -0.15) is 0 Å². The van der Waals surface area contributed by atoms with E-state index in [4.69, 9.17) is 4.98 Å². The fourth-order valence-corrected chi connectivity index (χ4v) is 3.06. The van der Waals surface area contributed by atoms with Crippen LogP contribution in [0.1, 0.15) is 25.8 Å². The number of hydrogen-bond donors (Lipinski definition) is 0. The molecule has 0 spiro atoms. The molecule has 0 fully saturated rings.